The van der Waals surface area contributed by atoms with Crippen molar-refractivity contribution < 1.29 is 9.18 Å². The summed E-state index contributed by atoms with van der Waals surface area (Å²) in [6.07, 6.45) is 2.50. The maximum atomic E-state index is 13.4. The van der Waals surface area contributed by atoms with Crippen LogP contribution in [-0.4, -0.2) is 10.9 Å². The van der Waals surface area contributed by atoms with Gasteiger partial charge in [0.25, 0.3) is 0 Å². The minimum Gasteiger partial charge on any atom is -0.301 e. The summed E-state index contributed by atoms with van der Waals surface area (Å²) in [7, 11) is 0. The highest BCUT2D eigenvalue weighted by Gasteiger charge is 2.46. The van der Waals surface area contributed by atoms with Crippen LogP contribution in [0.4, 0.5) is 9.52 Å². The predicted molar refractivity (Wildman–Crippen MR) is 77.4 cm³/mol. The summed E-state index contributed by atoms with van der Waals surface area (Å²) >= 11 is 1.41. The molecule has 1 heterocycles. The second-order valence-corrected chi connectivity index (χ2v) is 6.05. The van der Waals surface area contributed by atoms with Crippen LogP contribution >= 0.6 is 11.3 Å². The van der Waals surface area contributed by atoms with Gasteiger partial charge in [-0.05, 0) is 37.5 Å². The molecule has 1 saturated carbocycles. The number of nitrogens with one attached hydrogen (secondary N) is 1. The Balaban J connectivity index is 1.87. The zero-order chi connectivity index (χ0) is 14.2. The molecule has 2 aromatic rings. The number of carbonyl (C=O) groups is 1. The van der Waals surface area contributed by atoms with Crippen molar-refractivity contribution in [3.8, 4) is 0 Å². The number of rotatable bonds is 3. The van der Waals surface area contributed by atoms with Gasteiger partial charge in [0.15, 0.2) is 5.13 Å². The number of nitrogens with zero attached hydrogens (tertiary/aromatic N) is 1. The molecule has 1 aromatic heterocycles. The van der Waals surface area contributed by atoms with Crippen LogP contribution in [0.1, 0.15) is 30.5 Å². The summed E-state index contributed by atoms with van der Waals surface area (Å²) in [6, 6.07) is 6.35. The van der Waals surface area contributed by atoms with Crippen molar-refractivity contribution in [2.24, 2.45) is 0 Å². The Morgan fingerprint density at radius 2 is 2.25 bits per heavy atom. The van der Waals surface area contributed by atoms with E-state index in [2.05, 4.69) is 10.3 Å². The fraction of sp³-hybridized carbons (Fsp3) is 0.333. The van der Waals surface area contributed by atoms with Crippen molar-refractivity contribution in [1.29, 1.82) is 0 Å². The Kier molecular flexibility index (Phi) is 3.30. The zero-order valence-corrected chi connectivity index (χ0v) is 12.0. The number of amides is 1. The zero-order valence-electron chi connectivity index (χ0n) is 11.1. The van der Waals surface area contributed by atoms with Crippen LogP contribution in [0.25, 0.3) is 0 Å². The Morgan fingerprint density at radius 1 is 1.45 bits per heavy atom. The normalized spacial score (nSPS) is 16.5. The summed E-state index contributed by atoms with van der Waals surface area (Å²) in [6.45, 7) is 1.89. The maximum Gasteiger partial charge on any atom is 0.236 e. The standard InChI is InChI=1S/C15H15FN2OS/c1-10-9-20-14(17-10)18-13(19)15(6-3-7-15)11-4-2-5-12(16)8-11/h2,4-5,8-9H,3,6-7H2,1H3,(H,17,18,19). The lowest BCUT2D eigenvalue weighted by molar-refractivity contribution is -0.124. The van der Waals surface area contributed by atoms with Gasteiger partial charge in [-0.15, -0.1) is 11.3 Å². The Hall–Kier alpha value is -1.75. The topological polar surface area (TPSA) is 42.0 Å². The molecule has 20 heavy (non-hydrogen) atoms. The molecule has 0 bridgehead atoms. The van der Waals surface area contributed by atoms with Crippen molar-refractivity contribution in [2.45, 2.75) is 31.6 Å². The van der Waals surface area contributed by atoms with E-state index in [0.29, 0.717) is 5.13 Å². The van der Waals surface area contributed by atoms with Gasteiger partial charge in [-0.1, -0.05) is 18.6 Å². The van der Waals surface area contributed by atoms with Crippen LogP contribution in [0.2, 0.25) is 0 Å². The van der Waals surface area contributed by atoms with E-state index in [1.807, 2.05) is 18.4 Å². The lowest BCUT2D eigenvalue weighted by Crippen LogP contribution is -2.46. The Bertz CT molecular complexity index is 649. The van der Waals surface area contributed by atoms with Crippen LogP contribution < -0.4 is 5.32 Å². The smallest absolute Gasteiger partial charge is 0.236 e. The van der Waals surface area contributed by atoms with Crippen LogP contribution in [0.15, 0.2) is 29.6 Å². The third kappa shape index (κ3) is 2.22. The molecule has 104 valence electrons. The molecule has 5 heteroatoms. The van der Waals surface area contributed by atoms with E-state index in [1.165, 1.54) is 23.5 Å². The third-order valence-electron chi connectivity index (χ3n) is 3.86. The van der Waals surface area contributed by atoms with Crippen LogP contribution in [0.3, 0.4) is 0 Å². The fourth-order valence-corrected chi connectivity index (χ4v) is 3.27. The van der Waals surface area contributed by atoms with E-state index in [4.69, 9.17) is 0 Å². The second kappa shape index (κ2) is 4.98. The van der Waals surface area contributed by atoms with Gasteiger partial charge < -0.3 is 5.32 Å². The van der Waals surface area contributed by atoms with Gasteiger partial charge in [0.05, 0.1) is 11.1 Å². The van der Waals surface area contributed by atoms with Crippen LogP contribution in [0, 0.1) is 12.7 Å². The molecule has 3 nitrogen and oxygen atoms in total. The molecule has 1 aliphatic carbocycles. The first-order valence-corrected chi connectivity index (χ1v) is 7.48. The number of halogens is 1. The van der Waals surface area contributed by atoms with Crippen molar-refractivity contribution in [3.05, 3.63) is 46.7 Å². The molecule has 1 aromatic carbocycles. The summed E-state index contributed by atoms with van der Waals surface area (Å²) < 4.78 is 13.4. The molecule has 0 spiro atoms. The number of benzene rings is 1. The summed E-state index contributed by atoms with van der Waals surface area (Å²) in [5, 5.41) is 5.37. The Morgan fingerprint density at radius 3 is 2.80 bits per heavy atom. The average molecular weight is 290 g/mol. The van der Waals surface area contributed by atoms with Crippen molar-refractivity contribution in [1.82, 2.24) is 4.98 Å². The quantitative estimate of drug-likeness (QED) is 0.937. The summed E-state index contributed by atoms with van der Waals surface area (Å²) in [5.74, 6) is -0.379. The molecule has 0 unspecified atom stereocenters. The fourth-order valence-electron chi connectivity index (χ4n) is 2.59. The van der Waals surface area contributed by atoms with Gasteiger partial charge >= 0.3 is 0 Å². The molecule has 1 amide bonds. The van der Waals surface area contributed by atoms with E-state index >= 15 is 0 Å². The molecule has 0 aliphatic heterocycles. The van der Waals surface area contributed by atoms with Gasteiger partial charge in [-0.3, -0.25) is 4.79 Å². The number of hydrogen-bond donors (Lipinski definition) is 1. The minimum atomic E-state index is -0.596. The number of aromatic nitrogens is 1. The number of anilines is 1. The predicted octanol–water partition coefficient (Wildman–Crippen LogP) is 3.65. The molecular weight excluding hydrogens is 275 g/mol. The SMILES string of the molecule is Cc1csc(NC(=O)C2(c3cccc(F)c3)CCC2)n1. The monoisotopic (exact) mass is 290 g/mol. The molecule has 1 fully saturated rings. The first kappa shape index (κ1) is 13.2. The van der Waals surface area contributed by atoms with Crippen molar-refractivity contribution in [2.75, 3.05) is 5.32 Å². The largest absolute Gasteiger partial charge is 0.301 e. The summed E-state index contributed by atoms with van der Waals surface area (Å²) in [4.78, 5) is 16.8. The second-order valence-electron chi connectivity index (χ2n) is 5.19. The van der Waals surface area contributed by atoms with Gasteiger partial charge in [0.1, 0.15) is 5.82 Å². The van der Waals surface area contributed by atoms with Crippen LogP contribution in [-0.2, 0) is 10.2 Å². The van der Waals surface area contributed by atoms with Gasteiger partial charge in [-0.2, -0.15) is 0 Å². The number of hydrogen-bond acceptors (Lipinski definition) is 3. The minimum absolute atomic E-state index is 0.0799. The van der Waals surface area contributed by atoms with Crippen molar-refractivity contribution >= 4 is 22.4 Å². The summed E-state index contributed by atoms with van der Waals surface area (Å²) in [5.41, 5.74) is 1.05. The van der Waals surface area contributed by atoms with E-state index in [0.717, 1.165) is 30.5 Å². The number of aryl methyl sites for hydroxylation is 1. The molecule has 0 saturated heterocycles. The molecular formula is C15H15FN2OS. The van der Waals surface area contributed by atoms with E-state index in [9.17, 15) is 9.18 Å². The first-order valence-electron chi connectivity index (χ1n) is 6.60. The average Bonchev–Trinajstić information content (AvgIpc) is 2.73. The van der Waals surface area contributed by atoms with Gasteiger partial charge in [-0.25, -0.2) is 9.37 Å². The molecule has 0 atom stereocenters. The highest BCUT2D eigenvalue weighted by Crippen LogP contribution is 2.44. The molecule has 0 radical (unpaired) electrons. The lowest BCUT2D eigenvalue weighted by Gasteiger charge is -2.40. The highest BCUT2D eigenvalue weighted by atomic mass is 32.1. The number of carbonyl (C=O) groups excluding carboxylic acids is 1. The molecule has 1 aliphatic rings. The van der Waals surface area contributed by atoms with E-state index < -0.39 is 5.41 Å². The molecule has 1 N–H and O–H groups in total. The van der Waals surface area contributed by atoms with Gasteiger partial charge in [0.2, 0.25) is 5.91 Å². The molecule has 3 rings (SSSR count). The third-order valence-corrected chi connectivity index (χ3v) is 4.73. The van der Waals surface area contributed by atoms with E-state index in [1.54, 1.807) is 6.07 Å². The first-order chi connectivity index (χ1) is 9.60. The van der Waals surface area contributed by atoms with E-state index in [-0.39, 0.29) is 11.7 Å². The van der Waals surface area contributed by atoms with Crippen molar-refractivity contribution in [3.63, 3.8) is 0 Å². The lowest BCUT2D eigenvalue weighted by atomic mass is 9.64. The maximum absolute atomic E-state index is 13.4. The van der Waals surface area contributed by atoms with Gasteiger partial charge in [0, 0.05) is 5.38 Å². The highest BCUT2D eigenvalue weighted by molar-refractivity contribution is 7.13. The van der Waals surface area contributed by atoms with Crippen LogP contribution in [0.5, 0.6) is 0 Å². The number of thiazole rings is 1. The Labute approximate surface area is 120 Å².